The van der Waals surface area contributed by atoms with Crippen LogP contribution < -0.4 is 10.6 Å². The summed E-state index contributed by atoms with van der Waals surface area (Å²) in [6, 6.07) is 14.7. The van der Waals surface area contributed by atoms with Gasteiger partial charge in [-0.25, -0.2) is 13.4 Å². The van der Waals surface area contributed by atoms with Gasteiger partial charge in [0.25, 0.3) is 0 Å². The van der Waals surface area contributed by atoms with E-state index in [0.717, 1.165) is 29.0 Å². The lowest BCUT2D eigenvalue weighted by Gasteiger charge is -2.31. The maximum atomic E-state index is 13.0. The number of likely N-dealkylation sites (N-methyl/N-ethyl adjacent to an activating group) is 1. The van der Waals surface area contributed by atoms with E-state index < -0.39 is 10.0 Å². The zero-order valence-electron chi connectivity index (χ0n) is 15.8. The van der Waals surface area contributed by atoms with E-state index in [2.05, 4.69) is 20.5 Å². The molecule has 29 heavy (non-hydrogen) atoms. The molecule has 3 aromatic rings. The average molecular weight is 448 g/mol. The molecule has 0 saturated carbocycles. The first-order valence-corrected chi connectivity index (χ1v) is 11.8. The Kier molecular flexibility index (Phi) is 5.79. The normalized spacial score (nSPS) is 16.0. The van der Waals surface area contributed by atoms with Crippen molar-refractivity contribution >= 4 is 59.7 Å². The molecule has 2 aromatic carbocycles. The molecule has 2 N–H and O–H groups in total. The summed E-state index contributed by atoms with van der Waals surface area (Å²) in [4.78, 5) is 6.93. The maximum Gasteiger partial charge on any atom is 0.243 e. The standard InChI is InChI=1S/C19H21N5O2S3/c1-23-9-11-24(12-10-23)29(25,26)15-7-8-16-17(13-15)28-19(21-16)22-18(27)20-14-5-3-2-4-6-14/h2-8,13H,9-12H2,1H3,(H2,20,21,22,27). The summed E-state index contributed by atoms with van der Waals surface area (Å²) in [5.74, 6) is 0. The summed E-state index contributed by atoms with van der Waals surface area (Å²) in [6.45, 7) is 2.49. The number of thiocarbonyl (C=S) groups is 1. The number of benzene rings is 2. The van der Waals surface area contributed by atoms with Crippen LogP contribution in [0.3, 0.4) is 0 Å². The van der Waals surface area contributed by atoms with Crippen molar-refractivity contribution in [3.05, 3.63) is 48.5 Å². The monoisotopic (exact) mass is 447 g/mol. The van der Waals surface area contributed by atoms with Gasteiger partial charge in [0.05, 0.1) is 15.1 Å². The van der Waals surface area contributed by atoms with E-state index in [4.69, 9.17) is 12.2 Å². The van der Waals surface area contributed by atoms with Crippen molar-refractivity contribution in [2.24, 2.45) is 0 Å². The molecule has 1 aromatic heterocycles. The largest absolute Gasteiger partial charge is 0.332 e. The van der Waals surface area contributed by atoms with Gasteiger partial charge in [0.15, 0.2) is 10.2 Å². The molecule has 1 aliphatic heterocycles. The Morgan fingerprint density at radius 1 is 1.07 bits per heavy atom. The van der Waals surface area contributed by atoms with Crippen molar-refractivity contribution in [1.82, 2.24) is 14.2 Å². The van der Waals surface area contributed by atoms with E-state index in [1.807, 2.05) is 37.4 Å². The zero-order valence-corrected chi connectivity index (χ0v) is 18.3. The summed E-state index contributed by atoms with van der Waals surface area (Å²) in [7, 11) is -1.51. The molecule has 1 aliphatic rings. The molecule has 4 rings (SSSR count). The van der Waals surface area contributed by atoms with E-state index in [0.29, 0.717) is 28.2 Å². The van der Waals surface area contributed by atoms with Crippen LogP contribution in [0.4, 0.5) is 10.8 Å². The fraction of sp³-hybridized carbons (Fsp3) is 0.263. The van der Waals surface area contributed by atoms with Crippen molar-refractivity contribution in [3.63, 3.8) is 0 Å². The van der Waals surface area contributed by atoms with Crippen LogP contribution in [0.15, 0.2) is 53.4 Å². The number of fused-ring (bicyclic) bond motifs is 1. The van der Waals surface area contributed by atoms with Gasteiger partial charge in [0, 0.05) is 31.9 Å². The van der Waals surface area contributed by atoms with Gasteiger partial charge in [0.1, 0.15) is 0 Å². The Hall–Kier alpha value is -2.11. The Morgan fingerprint density at radius 3 is 2.52 bits per heavy atom. The van der Waals surface area contributed by atoms with E-state index in [9.17, 15) is 8.42 Å². The lowest BCUT2D eigenvalue weighted by atomic mass is 10.3. The number of nitrogens with one attached hydrogen (secondary N) is 2. The molecule has 1 saturated heterocycles. The third kappa shape index (κ3) is 4.57. The molecule has 0 radical (unpaired) electrons. The topological polar surface area (TPSA) is 77.6 Å². The fourth-order valence-electron chi connectivity index (χ4n) is 3.08. The second kappa shape index (κ2) is 8.33. The molecule has 0 unspecified atom stereocenters. The number of aromatic nitrogens is 1. The fourth-order valence-corrected chi connectivity index (χ4v) is 5.79. The molecular weight excluding hydrogens is 426 g/mol. The summed E-state index contributed by atoms with van der Waals surface area (Å²) < 4.78 is 28.3. The number of thiazole rings is 1. The number of hydrogen-bond donors (Lipinski definition) is 2. The number of hydrogen-bond acceptors (Lipinski definition) is 6. The van der Waals surface area contributed by atoms with Gasteiger partial charge < -0.3 is 15.5 Å². The molecule has 0 amide bonds. The van der Waals surface area contributed by atoms with Crippen LogP contribution in [-0.4, -0.2) is 60.9 Å². The minimum Gasteiger partial charge on any atom is -0.332 e. The van der Waals surface area contributed by atoms with Crippen LogP contribution in [0.1, 0.15) is 0 Å². The molecule has 10 heteroatoms. The number of anilines is 2. The van der Waals surface area contributed by atoms with Crippen molar-refractivity contribution in [2.75, 3.05) is 43.9 Å². The third-order valence-corrected chi connectivity index (χ3v) is 7.74. The maximum absolute atomic E-state index is 13.0. The zero-order chi connectivity index (χ0) is 20.4. The molecule has 0 aliphatic carbocycles. The molecule has 7 nitrogen and oxygen atoms in total. The second-order valence-electron chi connectivity index (χ2n) is 6.80. The molecule has 152 valence electrons. The quantitative estimate of drug-likeness (QED) is 0.595. The molecular formula is C19H21N5O2S3. The van der Waals surface area contributed by atoms with Crippen LogP contribution in [0.2, 0.25) is 0 Å². The van der Waals surface area contributed by atoms with Crippen molar-refractivity contribution in [1.29, 1.82) is 0 Å². The van der Waals surface area contributed by atoms with Crippen molar-refractivity contribution in [2.45, 2.75) is 4.90 Å². The molecule has 0 spiro atoms. The van der Waals surface area contributed by atoms with Crippen LogP contribution in [0, 0.1) is 0 Å². The number of para-hydroxylation sites is 1. The summed E-state index contributed by atoms with van der Waals surface area (Å²) >= 11 is 6.71. The summed E-state index contributed by atoms with van der Waals surface area (Å²) in [5.41, 5.74) is 1.61. The van der Waals surface area contributed by atoms with Gasteiger partial charge >= 0.3 is 0 Å². The summed E-state index contributed by atoms with van der Waals surface area (Å²) in [5, 5.41) is 7.21. The SMILES string of the molecule is CN1CCN(S(=O)(=O)c2ccc3nc(NC(=S)Nc4ccccc4)sc3c2)CC1. The minimum atomic E-state index is -3.50. The highest BCUT2D eigenvalue weighted by Crippen LogP contribution is 2.29. The van der Waals surface area contributed by atoms with Gasteiger partial charge in [-0.1, -0.05) is 29.5 Å². The molecule has 1 fully saturated rings. The number of nitrogens with zero attached hydrogens (tertiary/aromatic N) is 3. The first-order valence-electron chi connectivity index (χ1n) is 9.14. The molecule has 2 heterocycles. The third-order valence-electron chi connectivity index (χ3n) is 4.71. The predicted molar refractivity (Wildman–Crippen MR) is 122 cm³/mol. The van der Waals surface area contributed by atoms with E-state index in [-0.39, 0.29) is 0 Å². The number of rotatable bonds is 4. The van der Waals surface area contributed by atoms with E-state index >= 15 is 0 Å². The Morgan fingerprint density at radius 2 is 1.79 bits per heavy atom. The Bertz CT molecular complexity index is 1120. The van der Waals surface area contributed by atoms with Gasteiger partial charge in [-0.05, 0) is 49.6 Å². The Labute approximate surface area is 179 Å². The van der Waals surface area contributed by atoms with E-state index in [1.54, 1.807) is 22.5 Å². The highest BCUT2D eigenvalue weighted by atomic mass is 32.2. The smallest absolute Gasteiger partial charge is 0.243 e. The van der Waals surface area contributed by atoms with E-state index in [1.165, 1.54) is 11.3 Å². The number of piperazine rings is 1. The van der Waals surface area contributed by atoms with Crippen LogP contribution in [-0.2, 0) is 10.0 Å². The highest BCUT2D eigenvalue weighted by Gasteiger charge is 2.27. The van der Waals surface area contributed by atoms with Crippen LogP contribution in [0.5, 0.6) is 0 Å². The average Bonchev–Trinajstić information content (AvgIpc) is 3.10. The molecule has 0 atom stereocenters. The lowest BCUT2D eigenvalue weighted by molar-refractivity contribution is 0.222. The minimum absolute atomic E-state index is 0.301. The number of sulfonamides is 1. The first kappa shape index (κ1) is 20.2. The Balaban J connectivity index is 1.51. The van der Waals surface area contributed by atoms with Crippen LogP contribution >= 0.6 is 23.6 Å². The lowest BCUT2D eigenvalue weighted by Crippen LogP contribution is -2.46. The van der Waals surface area contributed by atoms with Crippen LogP contribution in [0.25, 0.3) is 10.2 Å². The summed E-state index contributed by atoms with van der Waals surface area (Å²) in [6.07, 6.45) is 0. The highest BCUT2D eigenvalue weighted by molar-refractivity contribution is 7.89. The van der Waals surface area contributed by atoms with Gasteiger partial charge in [-0.2, -0.15) is 4.31 Å². The first-order chi connectivity index (χ1) is 13.9. The van der Waals surface area contributed by atoms with Crippen molar-refractivity contribution < 1.29 is 8.42 Å². The van der Waals surface area contributed by atoms with Gasteiger partial charge in [0.2, 0.25) is 10.0 Å². The second-order valence-corrected chi connectivity index (χ2v) is 10.2. The molecule has 0 bridgehead atoms. The predicted octanol–water partition coefficient (Wildman–Crippen LogP) is 3.04. The van der Waals surface area contributed by atoms with Gasteiger partial charge in [-0.3, -0.25) is 0 Å². The van der Waals surface area contributed by atoms with Crippen molar-refractivity contribution in [3.8, 4) is 0 Å². The van der Waals surface area contributed by atoms with Gasteiger partial charge in [-0.15, -0.1) is 0 Å².